The molecule has 6 nitrogen and oxygen atoms in total. The van der Waals surface area contributed by atoms with Gasteiger partial charge in [0.1, 0.15) is 0 Å². The van der Waals surface area contributed by atoms with E-state index in [0.29, 0.717) is 5.56 Å². The third-order valence-electron chi connectivity index (χ3n) is 3.76. The molecular formula is C18H20N2O4S. The number of benzene rings is 2. The van der Waals surface area contributed by atoms with E-state index in [1.807, 2.05) is 6.07 Å². The molecule has 0 spiro atoms. The predicted molar refractivity (Wildman–Crippen MR) is 94.4 cm³/mol. The number of rotatable bonds is 7. The Balaban J connectivity index is 1.88. The highest BCUT2D eigenvalue weighted by atomic mass is 32.2. The fourth-order valence-electron chi connectivity index (χ4n) is 2.34. The van der Waals surface area contributed by atoms with Crippen molar-refractivity contribution in [3.63, 3.8) is 0 Å². The Kier molecular flexibility index (Phi) is 6.06. The zero-order valence-corrected chi connectivity index (χ0v) is 14.6. The minimum absolute atomic E-state index is 0.0169. The van der Waals surface area contributed by atoms with Crippen LogP contribution >= 0.6 is 0 Å². The molecule has 0 saturated carbocycles. The number of hydrogen-bond acceptors (Lipinski definition) is 4. The Labute approximate surface area is 147 Å². The first kappa shape index (κ1) is 18.8. The molecule has 132 valence electrons. The zero-order valence-electron chi connectivity index (χ0n) is 13.8. The number of hydrogen-bond donors (Lipinski definition) is 2. The minimum atomic E-state index is -3.74. The molecule has 0 bridgehead atoms. The molecule has 1 atom stereocenters. The molecule has 0 aromatic heterocycles. The molecule has 0 aliphatic heterocycles. The number of primary sulfonamides is 1. The van der Waals surface area contributed by atoms with Gasteiger partial charge in [-0.1, -0.05) is 42.5 Å². The van der Waals surface area contributed by atoms with Crippen LogP contribution in [0.2, 0.25) is 0 Å². The van der Waals surface area contributed by atoms with Crippen molar-refractivity contribution < 1.29 is 18.0 Å². The molecule has 0 aliphatic rings. The average molecular weight is 360 g/mol. The summed E-state index contributed by atoms with van der Waals surface area (Å²) in [6.07, 6.45) is 0.222. The van der Waals surface area contributed by atoms with Crippen LogP contribution in [0.4, 0.5) is 0 Å². The van der Waals surface area contributed by atoms with Crippen LogP contribution in [0.1, 0.15) is 41.7 Å². The molecule has 0 saturated heterocycles. The first-order valence-corrected chi connectivity index (χ1v) is 9.32. The lowest BCUT2D eigenvalue weighted by Crippen LogP contribution is -2.27. The molecule has 0 fully saturated rings. The molecular weight excluding hydrogens is 340 g/mol. The number of nitrogens with two attached hydrogens (primary N) is 1. The van der Waals surface area contributed by atoms with E-state index in [1.54, 1.807) is 43.3 Å². The van der Waals surface area contributed by atoms with Crippen LogP contribution in [0, 0.1) is 0 Å². The highest BCUT2D eigenvalue weighted by molar-refractivity contribution is 7.89. The Morgan fingerprint density at radius 1 is 1.00 bits per heavy atom. The lowest BCUT2D eigenvalue weighted by Gasteiger charge is -2.14. The van der Waals surface area contributed by atoms with Crippen molar-refractivity contribution in [1.82, 2.24) is 5.32 Å². The normalized spacial score (nSPS) is 12.4. The van der Waals surface area contributed by atoms with Gasteiger partial charge >= 0.3 is 0 Å². The van der Waals surface area contributed by atoms with Crippen molar-refractivity contribution in [2.45, 2.75) is 30.7 Å². The summed E-state index contributed by atoms with van der Waals surface area (Å²) in [5, 5.41) is 7.84. The topological polar surface area (TPSA) is 106 Å². The quantitative estimate of drug-likeness (QED) is 0.738. The highest BCUT2D eigenvalue weighted by Gasteiger charge is 2.13. The lowest BCUT2D eigenvalue weighted by atomic mass is 10.1. The maximum atomic E-state index is 12.0. The van der Waals surface area contributed by atoms with E-state index in [9.17, 15) is 18.0 Å². The number of nitrogens with one attached hydrogen (secondary N) is 1. The van der Waals surface area contributed by atoms with Gasteiger partial charge < -0.3 is 5.32 Å². The second-order valence-corrected chi connectivity index (χ2v) is 7.25. The maximum Gasteiger partial charge on any atom is 0.238 e. The molecule has 1 amide bonds. The van der Waals surface area contributed by atoms with Crippen LogP contribution in [0.5, 0.6) is 0 Å². The van der Waals surface area contributed by atoms with Crippen LogP contribution in [0.25, 0.3) is 0 Å². The summed E-state index contributed by atoms with van der Waals surface area (Å²) >= 11 is 0. The molecule has 2 aromatic carbocycles. The molecule has 7 heteroatoms. The SMILES string of the molecule is C[C@@H](NC(=O)CCC(=O)c1ccccc1)c1ccc(S(N)(=O)=O)cc1. The van der Waals surface area contributed by atoms with Gasteiger partial charge in [0.05, 0.1) is 10.9 Å². The third kappa shape index (κ3) is 5.51. The van der Waals surface area contributed by atoms with Gasteiger partial charge in [-0.25, -0.2) is 13.6 Å². The first-order chi connectivity index (χ1) is 11.8. The average Bonchev–Trinajstić information content (AvgIpc) is 2.59. The van der Waals surface area contributed by atoms with Crippen LogP contribution in [-0.2, 0) is 14.8 Å². The van der Waals surface area contributed by atoms with Gasteiger partial charge in [-0.3, -0.25) is 9.59 Å². The minimum Gasteiger partial charge on any atom is -0.350 e. The van der Waals surface area contributed by atoms with Crippen molar-refractivity contribution >= 4 is 21.7 Å². The molecule has 0 unspecified atom stereocenters. The molecule has 2 rings (SSSR count). The number of ketones is 1. The van der Waals surface area contributed by atoms with Gasteiger partial charge in [0.15, 0.2) is 5.78 Å². The second-order valence-electron chi connectivity index (χ2n) is 5.69. The Morgan fingerprint density at radius 2 is 1.60 bits per heavy atom. The van der Waals surface area contributed by atoms with Gasteiger partial charge in [-0.05, 0) is 24.6 Å². The number of carbonyl (C=O) groups is 2. The molecule has 0 aliphatic carbocycles. The Morgan fingerprint density at radius 3 is 2.16 bits per heavy atom. The van der Waals surface area contributed by atoms with Crippen LogP contribution in [0.15, 0.2) is 59.5 Å². The summed E-state index contributed by atoms with van der Waals surface area (Å²) in [5.41, 5.74) is 1.33. The van der Waals surface area contributed by atoms with E-state index < -0.39 is 10.0 Å². The summed E-state index contributed by atoms with van der Waals surface area (Å²) in [7, 11) is -3.74. The highest BCUT2D eigenvalue weighted by Crippen LogP contribution is 2.16. The standard InChI is InChI=1S/C18H20N2O4S/c1-13(14-7-9-16(10-8-14)25(19,23)24)20-18(22)12-11-17(21)15-5-3-2-4-6-15/h2-10,13H,11-12H2,1H3,(H,20,22)(H2,19,23,24)/t13-/m1/s1. The number of carbonyl (C=O) groups excluding carboxylic acids is 2. The third-order valence-corrected chi connectivity index (χ3v) is 4.69. The van der Waals surface area contributed by atoms with Gasteiger partial charge in [-0.15, -0.1) is 0 Å². The fraction of sp³-hybridized carbons (Fsp3) is 0.222. The summed E-state index contributed by atoms with van der Waals surface area (Å²) in [4.78, 5) is 24.0. The van der Waals surface area contributed by atoms with Crippen molar-refractivity contribution in [1.29, 1.82) is 0 Å². The van der Waals surface area contributed by atoms with Crippen LogP contribution < -0.4 is 10.5 Å². The molecule has 2 aromatic rings. The van der Waals surface area contributed by atoms with Gasteiger partial charge in [0, 0.05) is 18.4 Å². The van der Waals surface area contributed by atoms with Gasteiger partial charge in [0.25, 0.3) is 0 Å². The summed E-state index contributed by atoms with van der Waals surface area (Å²) in [5.74, 6) is -0.326. The maximum absolute atomic E-state index is 12.0. The fourth-order valence-corrected chi connectivity index (χ4v) is 2.85. The Bertz CT molecular complexity index is 846. The number of Topliss-reactive ketones (excluding diaryl/α,β-unsaturated/α-hetero) is 1. The van der Waals surface area contributed by atoms with Crippen molar-refractivity contribution in [2.24, 2.45) is 5.14 Å². The number of sulfonamides is 1. The summed E-state index contributed by atoms with van der Waals surface area (Å²) in [6.45, 7) is 1.78. The van der Waals surface area contributed by atoms with E-state index in [4.69, 9.17) is 5.14 Å². The van der Waals surface area contributed by atoms with Crippen LogP contribution in [0.3, 0.4) is 0 Å². The van der Waals surface area contributed by atoms with Crippen molar-refractivity contribution in [2.75, 3.05) is 0 Å². The van der Waals surface area contributed by atoms with E-state index in [2.05, 4.69) is 5.32 Å². The largest absolute Gasteiger partial charge is 0.350 e. The predicted octanol–water partition coefficient (Wildman–Crippen LogP) is 2.17. The van der Waals surface area contributed by atoms with Gasteiger partial charge in [0.2, 0.25) is 15.9 Å². The van der Waals surface area contributed by atoms with E-state index in [0.717, 1.165) is 5.56 Å². The van der Waals surface area contributed by atoms with Gasteiger partial charge in [-0.2, -0.15) is 0 Å². The molecule has 0 heterocycles. The Hall–Kier alpha value is -2.51. The lowest BCUT2D eigenvalue weighted by molar-refractivity contribution is -0.121. The van der Waals surface area contributed by atoms with Crippen molar-refractivity contribution in [3.8, 4) is 0 Å². The zero-order chi connectivity index (χ0) is 18.4. The molecule has 25 heavy (non-hydrogen) atoms. The summed E-state index contributed by atoms with van der Waals surface area (Å²) in [6, 6.07) is 14.5. The van der Waals surface area contributed by atoms with E-state index >= 15 is 0 Å². The second kappa shape index (κ2) is 8.04. The van der Waals surface area contributed by atoms with E-state index in [1.165, 1.54) is 12.1 Å². The van der Waals surface area contributed by atoms with Crippen molar-refractivity contribution in [3.05, 3.63) is 65.7 Å². The first-order valence-electron chi connectivity index (χ1n) is 7.78. The monoisotopic (exact) mass is 360 g/mol. The molecule has 0 radical (unpaired) electrons. The molecule has 3 N–H and O–H groups in total. The number of amides is 1. The smallest absolute Gasteiger partial charge is 0.238 e. The van der Waals surface area contributed by atoms with Crippen LogP contribution in [-0.4, -0.2) is 20.1 Å². The van der Waals surface area contributed by atoms with E-state index in [-0.39, 0.29) is 35.5 Å². The summed E-state index contributed by atoms with van der Waals surface area (Å²) < 4.78 is 22.5.